The van der Waals surface area contributed by atoms with Crippen molar-refractivity contribution in [3.05, 3.63) is 70.1 Å². The standard InChI is InChI=1S/C25H28ClN5O3S2/c1-15(2)23(27)25(32)28-13-16-6-4-7-17(12-16)14-31-18-8-5-9-19(34-3)22(18)24(29-31)30-36(33)21-11-10-20(26)35-21/h4-12,15,23H,13-14,27H2,1-3H3,(H,28,32)(H,29,30). The number of methoxy groups -OCH3 is 1. The van der Waals surface area contributed by atoms with Crippen LogP contribution < -0.4 is 20.5 Å². The van der Waals surface area contributed by atoms with E-state index in [1.165, 1.54) is 11.3 Å². The first-order valence-electron chi connectivity index (χ1n) is 11.3. The number of amides is 1. The van der Waals surface area contributed by atoms with Crippen LogP contribution in [0.1, 0.15) is 25.0 Å². The van der Waals surface area contributed by atoms with Gasteiger partial charge in [-0.1, -0.05) is 55.8 Å². The van der Waals surface area contributed by atoms with Crippen molar-refractivity contribution in [1.29, 1.82) is 0 Å². The molecule has 1 amide bonds. The first-order chi connectivity index (χ1) is 17.3. The van der Waals surface area contributed by atoms with E-state index >= 15 is 0 Å². The van der Waals surface area contributed by atoms with Crippen molar-refractivity contribution in [2.24, 2.45) is 11.7 Å². The average Bonchev–Trinajstić information content (AvgIpc) is 3.46. The molecule has 0 aliphatic rings. The first-order valence-corrected chi connectivity index (χ1v) is 13.7. The van der Waals surface area contributed by atoms with E-state index in [2.05, 4.69) is 10.0 Å². The van der Waals surface area contributed by atoms with Crippen molar-refractivity contribution in [3.8, 4) is 5.75 Å². The molecule has 4 aromatic rings. The highest BCUT2D eigenvalue weighted by Crippen LogP contribution is 2.34. The second-order valence-electron chi connectivity index (χ2n) is 8.60. The number of ether oxygens (including phenoxy) is 1. The SMILES string of the molecule is COc1cccc2c1c(NS(=O)c1ccc(Cl)s1)nn2Cc1cccc(CNC(=O)C(N)C(C)C)c1. The Morgan fingerprint density at radius 2 is 1.94 bits per heavy atom. The van der Waals surface area contributed by atoms with E-state index in [0.29, 0.717) is 33.2 Å². The maximum absolute atomic E-state index is 12.9. The van der Waals surface area contributed by atoms with E-state index in [9.17, 15) is 9.00 Å². The molecular weight excluding hydrogens is 518 g/mol. The van der Waals surface area contributed by atoms with E-state index in [4.69, 9.17) is 27.2 Å². The Hall–Kier alpha value is -2.92. The Balaban J connectivity index is 1.58. The number of rotatable bonds is 10. The van der Waals surface area contributed by atoms with Gasteiger partial charge in [0, 0.05) is 6.54 Å². The Labute approximate surface area is 221 Å². The Morgan fingerprint density at radius 1 is 1.19 bits per heavy atom. The number of carbonyl (C=O) groups excluding carboxylic acids is 1. The van der Waals surface area contributed by atoms with Crippen LogP contribution >= 0.6 is 22.9 Å². The molecule has 0 saturated heterocycles. The van der Waals surface area contributed by atoms with Gasteiger partial charge in [0.25, 0.3) is 0 Å². The number of carbonyl (C=O) groups is 1. The van der Waals surface area contributed by atoms with Gasteiger partial charge in [-0.2, -0.15) is 5.10 Å². The first kappa shape index (κ1) is 26.2. The maximum atomic E-state index is 12.9. The van der Waals surface area contributed by atoms with Crippen LogP contribution in [0.4, 0.5) is 5.82 Å². The quantitative estimate of drug-likeness (QED) is 0.271. The van der Waals surface area contributed by atoms with E-state index in [-0.39, 0.29) is 11.8 Å². The lowest BCUT2D eigenvalue weighted by atomic mass is 10.0. The van der Waals surface area contributed by atoms with Gasteiger partial charge in [0.15, 0.2) is 16.8 Å². The van der Waals surface area contributed by atoms with Crippen molar-refractivity contribution in [2.45, 2.75) is 37.2 Å². The second kappa shape index (κ2) is 11.4. The number of benzene rings is 2. The number of thiophene rings is 1. The normalized spacial score (nSPS) is 13.1. The van der Waals surface area contributed by atoms with Crippen LogP contribution in [-0.4, -0.2) is 33.0 Å². The van der Waals surface area contributed by atoms with Gasteiger partial charge in [-0.15, -0.1) is 11.3 Å². The third-order valence-electron chi connectivity index (χ3n) is 5.69. The van der Waals surface area contributed by atoms with Gasteiger partial charge >= 0.3 is 0 Å². The number of halogens is 1. The summed E-state index contributed by atoms with van der Waals surface area (Å²) < 4.78 is 24.5. The number of hydrogen-bond donors (Lipinski definition) is 3. The highest BCUT2D eigenvalue weighted by atomic mass is 35.5. The largest absolute Gasteiger partial charge is 0.496 e. The monoisotopic (exact) mass is 545 g/mol. The second-order valence-corrected chi connectivity index (χ2v) is 11.8. The minimum absolute atomic E-state index is 0.0651. The molecule has 0 saturated carbocycles. The molecule has 190 valence electrons. The summed E-state index contributed by atoms with van der Waals surface area (Å²) in [5, 5.41) is 8.37. The molecule has 0 bridgehead atoms. The Kier molecular flexibility index (Phi) is 8.30. The molecule has 0 aliphatic carbocycles. The fraction of sp³-hybridized carbons (Fsp3) is 0.280. The minimum Gasteiger partial charge on any atom is -0.496 e. The third kappa shape index (κ3) is 5.89. The topological polar surface area (TPSA) is 111 Å². The molecule has 8 nitrogen and oxygen atoms in total. The van der Waals surface area contributed by atoms with Gasteiger partial charge in [0.2, 0.25) is 5.91 Å². The molecule has 2 aromatic carbocycles. The number of nitrogens with two attached hydrogens (primary N) is 1. The van der Waals surface area contributed by atoms with Crippen molar-refractivity contribution >= 4 is 56.6 Å². The summed E-state index contributed by atoms with van der Waals surface area (Å²) in [6.45, 7) is 4.69. The van der Waals surface area contributed by atoms with Gasteiger partial charge in [-0.25, -0.2) is 4.21 Å². The van der Waals surface area contributed by atoms with Gasteiger partial charge in [0.05, 0.1) is 34.9 Å². The van der Waals surface area contributed by atoms with Gasteiger partial charge in [-0.3, -0.25) is 14.2 Å². The van der Waals surface area contributed by atoms with E-state index in [1.54, 1.807) is 19.2 Å². The van der Waals surface area contributed by atoms with Crippen molar-refractivity contribution < 1.29 is 13.7 Å². The van der Waals surface area contributed by atoms with Gasteiger partial charge in [-0.05, 0) is 41.3 Å². The Morgan fingerprint density at radius 3 is 2.64 bits per heavy atom. The molecule has 2 atom stereocenters. The fourth-order valence-electron chi connectivity index (χ4n) is 3.72. The van der Waals surface area contributed by atoms with E-state index < -0.39 is 17.0 Å². The van der Waals surface area contributed by atoms with Crippen LogP contribution in [-0.2, 0) is 28.9 Å². The highest BCUT2D eigenvalue weighted by Gasteiger charge is 2.19. The summed E-state index contributed by atoms with van der Waals surface area (Å²) >= 11 is 7.26. The Bertz CT molecular complexity index is 1400. The molecular formula is C25H28ClN5O3S2. The van der Waals surface area contributed by atoms with Crippen LogP contribution in [0.5, 0.6) is 5.75 Å². The number of anilines is 1. The number of nitrogens with zero attached hydrogens (tertiary/aromatic N) is 2. The maximum Gasteiger partial charge on any atom is 0.237 e. The molecule has 0 radical (unpaired) electrons. The zero-order valence-electron chi connectivity index (χ0n) is 20.2. The van der Waals surface area contributed by atoms with E-state index in [0.717, 1.165) is 22.0 Å². The van der Waals surface area contributed by atoms with Crippen LogP contribution in [0.2, 0.25) is 4.34 Å². The van der Waals surface area contributed by atoms with Crippen LogP contribution in [0.15, 0.2) is 58.8 Å². The zero-order chi connectivity index (χ0) is 25.8. The van der Waals surface area contributed by atoms with Crippen molar-refractivity contribution in [2.75, 3.05) is 11.8 Å². The summed E-state index contributed by atoms with van der Waals surface area (Å²) in [6, 6.07) is 16.5. The van der Waals surface area contributed by atoms with Crippen molar-refractivity contribution in [1.82, 2.24) is 15.1 Å². The molecule has 0 spiro atoms. The van der Waals surface area contributed by atoms with Crippen LogP contribution in [0.25, 0.3) is 10.9 Å². The van der Waals surface area contributed by atoms with Crippen molar-refractivity contribution in [3.63, 3.8) is 0 Å². The summed E-state index contributed by atoms with van der Waals surface area (Å²) in [5.41, 5.74) is 8.73. The molecule has 36 heavy (non-hydrogen) atoms. The summed E-state index contributed by atoms with van der Waals surface area (Å²) in [6.07, 6.45) is 0. The lowest BCUT2D eigenvalue weighted by Gasteiger charge is -2.15. The number of nitrogens with one attached hydrogen (secondary N) is 2. The lowest BCUT2D eigenvalue weighted by Crippen LogP contribution is -2.43. The molecule has 11 heteroatoms. The minimum atomic E-state index is -1.53. The molecule has 0 fully saturated rings. The lowest BCUT2D eigenvalue weighted by molar-refractivity contribution is -0.123. The van der Waals surface area contributed by atoms with E-state index in [1.807, 2.05) is 61.0 Å². The number of fused-ring (bicyclic) bond motifs is 1. The molecule has 0 aliphatic heterocycles. The fourth-order valence-corrected chi connectivity index (χ4v) is 5.94. The van der Waals surface area contributed by atoms with Gasteiger partial charge < -0.3 is 15.8 Å². The molecule has 2 aromatic heterocycles. The summed E-state index contributed by atoms with van der Waals surface area (Å²) in [4.78, 5) is 12.2. The molecule has 4 rings (SSSR count). The smallest absolute Gasteiger partial charge is 0.237 e. The number of aromatic nitrogens is 2. The third-order valence-corrected chi connectivity index (χ3v) is 8.30. The highest BCUT2D eigenvalue weighted by molar-refractivity contribution is 7.88. The summed E-state index contributed by atoms with van der Waals surface area (Å²) in [7, 11) is 0.0630. The molecule has 2 unspecified atom stereocenters. The molecule has 2 heterocycles. The van der Waals surface area contributed by atoms with Gasteiger partial charge in [0.1, 0.15) is 9.96 Å². The van der Waals surface area contributed by atoms with Crippen LogP contribution in [0, 0.1) is 5.92 Å². The average molecular weight is 546 g/mol. The summed E-state index contributed by atoms with van der Waals surface area (Å²) in [5.74, 6) is 0.975. The molecule has 4 N–H and O–H groups in total. The predicted octanol–water partition coefficient (Wildman–Crippen LogP) is 4.54. The predicted molar refractivity (Wildman–Crippen MR) is 146 cm³/mol. The zero-order valence-corrected chi connectivity index (χ0v) is 22.5. The number of hydrogen-bond acceptors (Lipinski definition) is 6. The van der Waals surface area contributed by atoms with Crippen LogP contribution in [0.3, 0.4) is 0 Å².